The van der Waals surface area contributed by atoms with Crippen molar-refractivity contribution in [2.45, 2.75) is 103 Å². The third-order valence-electron chi connectivity index (χ3n) is 4.68. The molecular formula is C19H37NOS. The van der Waals surface area contributed by atoms with Gasteiger partial charge < -0.3 is 10.1 Å². The van der Waals surface area contributed by atoms with Crippen LogP contribution >= 0.6 is 12.2 Å². The van der Waals surface area contributed by atoms with Gasteiger partial charge in [0.05, 0.1) is 6.61 Å². The van der Waals surface area contributed by atoms with Gasteiger partial charge in [0.15, 0.2) is 0 Å². The van der Waals surface area contributed by atoms with Crippen molar-refractivity contribution in [2.75, 3.05) is 13.2 Å². The SMILES string of the molecule is CCCCCCCCCCCCCCC1(C(=S)NCC)CO1. The van der Waals surface area contributed by atoms with Crippen LogP contribution in [0.5, 0.6) is 0 Å². The summed E-state index contributed by atoms with van der Waals surface area (Å²) < 4.78 is 5.61. The summed E-state index contributed by atoms with van der Waals surface area (Å²) in [4.78, 5) is 0.929. The Morgan fingerprint density at radius 2 is 1.32 bits per heavy atom. The fourth-order valence-electron chi connectivity index (χ4n) is 3.05. The molecule has 1 atom stereocenters. The molecule has 0 radical (unpaired) electrons. The Morgan fingerprint density at radius 3 is 1.73 bits per heavy atom. The number of thiocarbonyl (C=S) groups is 1. The maximum atomic E-state index is 5.61. The lowest BCUT2D eigenvalue weighted by atomic mass is 10.00. The van der Waals surface area contributed by atoms with Crippen LogP contribution in [0.25, 0.3) is 0 Å². The van der Waals surface area contributed by atoms with Gasteiger partial charge in [-0.1, -0.05) is 96.2 Å². The van der Waals surface area contributed by atoms with E-state index in [1.165, 1.54) is 77.0 Å². The average Bonchev–Trinajstić information content (AvgIpc) is 3.30. The van der Waals surface area contributed by atoms with Crippen molar-refractivity contribution in [3.05, 3.63) is 0 Å². The summed E-state index contributed by atoms with van der Waals surface area (Å²) in [7, 11) is 0. The van der Waals surface area contributed by atoms with Gasteiger partial charge in [0, 0.05) is 6.54 Å². The fraction of sp³-hybridized carbons (Fsp3) is 0.947. The zero-order valence-corrected chi connectivity index (χ0v) is 15.7. The molecule has 0 aromatic rings. The van der Waals surface area contributed by atoms with Crippen LogP contribution in [0, 0.1) is 0 Å². The Bertz CT molecular complexity index is 289. The Morgan fingerprint density at radius 1 is 0.864 bits per heavy atom. The number of epoxide rings is 1. The van der Waals surface area contributed by atoms with Crippen LogP contribution in [0.1, 0.15) is 97.3 Å². The second kappa shape index (κ2) is 12.3. The minimum Gasteiger partial charge on any atom is -0.377 e. The van der Waals surface area contributed by atoms with Crippen molar-refractivity contribution < 1.29 is 4.74 Å². The van der Waals surface area contributed by atoms with Crippen LogP contribution in [0.3, 0.4) is 0 Å². The van der Waals surface area contributed by atoms with Crippen molar-refractivity contribution in [3.8, 4) is 0 Å². The van der Waals surface area contributed by atoms with Gasteiger partial charge in [-0.25, -0.2) is 0 Å². The first kappa shape index (κ1) is 19.9. The van der Waals surface area contributed by atoms with Gasteiger partial charge in [-0.2, -0.15) is 0 Å². The standard InChI is InChI=1S/C19H37NOS/c1-3-5-6-7-8-9-10-11-12-13-14-15-16-19(17-21-19)18(22)20-4-2/h3-17H2,1-2H3,(H,20,22). The fourth-order valence-corrected chi connectivity index (χ4v) is 3.41. The van der Waals surface area contributed by atoms with Gasteiger partial charge in [0.25, 0.3) is 0 Å². The average molecular weight is 328 g/mol. The zero-order valence-electron chi connectivity index (χ0n) is 14.9. The van der Waals surface area contributed by atoms with Gasteiger partial charge >= 0.3 is 0 Å². The topological polar surface area (TPSA) is 24.6 Å². The van der Waals surface area contributed by atoms with E-state index in [-0.39, 0.29) is 5.60 Å². The zero-order chi connectivity index (χ0) is 16.1. The van der Waals surface area contributed by atoms with E-state index in [0.29, 0.717) is 0 Å². The molecule has 1 rings (SSSR count). The molecule has 1 heterocycles. The first-order chi connectivity index (χ1) is 10.7. The summed E-state index contributed by atoms with van der Waals surface area (Å²) >= 11 is 5.40. The molecule has 1 N–H and O–H groups in total. The summed E-state index contributed by atoms with van der Waals surface area (Å²) in [6.07, 6.45) is 17.9. The molecule has 0 spiro atoms. The Labute approximate surface area is 143 Å². The summed E-state index contributed by atoms with van der Waals surface area (Å²) in [6.45, 7) is 6.11. The molecule has 1 aliphatic rings. The second-order valence-corrected chi connectivity index (χ2v) is 7.19. The molecule has 0 aliphatic carbocycles. The molecule has 1 fully saturated rings. The lowest BCUT2D eigenvalue weighted by molar-refractivity contribution is 0.342. The van der Waals surface area contributed by atoms with Gasteiger partial charge in [-0.3, -0.25) is 0 Å². The highest BCUT2D eigenvalue weighted by Gasteiger charge is 2.47. The Kier molecular flexibility index (Phi) is 11.1. The minimum absolute atomic E-state index is 0.0795. The highest BCUT2D eigenvalue weighted by atomic mass is 32.1. The number of likely N-dealkylation sites (N-methyl/N-ethyl adjacent to an activating group) is 1. The maximum Gasteiger partial charge on any atom is 0.141 e. The van der Waals surface area contributed by atoms with E-state index in [0.717, 1.165) is 24.6 Å². The lowest BCUT2D eigenvalue weighted by Crippen LogP contribution is -2.35. The molecule has 0 saturated carbocycles. The van der Waals surface area contributed by atoms with E-state index < -0.39 is 0 Å². The van der Waals surface area contributed by atoms with E-state index in [1.807, 2.05) is 0 Å². The van der Waals surface area contributed by atoms with Gasteiger partial charge in [-0.15, -0.1) is 0 Å². The van der Waals surface area contributed by atoms with Crippen molar-refractivity contribution in [2.24, 2.45) is 0 Å². The summed E-state index contributed by atoms with van der Waals surface area (Å²) in [5, 5.41) is 3.25. The quantitative estimate of drug-likeness (QED) is 0.234. The third-order valence-corrected chi connectivity index (χ3v) is 5.19. The molecule has 1 saturated heterocycles. The maximum absolute atomic E-state index is 5.61. The molecule has 1 aliphatic heterocycles. The molecule has 1 unspecified atom stereocenters. The molecule has 0 aromatic carbocycles. The van der Waals surface area contributed by atoms with E-state index in [4.69, 9.17) is 17.0 Å². The van der Waals surface area contributed by atoms with Crippen molar-refractivity contribution in [1.29, 1.82) is 0 Å². The molecule has 130 valence electrons. The Hall–Kier alpha value is -0.150. The van der Waals surface area contributed by atoms with Crippen LogP contribution in [0.4, 0.5) is 0 Å². The molecular weight excluding hydrogens is 290 g/mol. The number of ether oxygens (including phenoxy) is 1. The number of hydrogen-bond acceptors (Lipinski definition) is 2. The minimum atomic E-state index is -0.0795. The first-order valence-corrected chi connectivity index (χ1v) is 10.1. The van der Waals surface area contributed by atoms with E-state index >= 15 is 0 Å². The highest BCUT2D eigenvalue weighted by Crippen LogP contribution is 2.34. The van der Waals surface area contributed by atoms with E-state index in [1.54, 1.807) is 0 Å². The van der Waals surface area contributed by atoms with E-state index in [9.17, 15) is 0 Å². The largest absolute Gasteiger partial charge is 0.377 e. The molecule has 0 bridgehead atoms. The molecule has 2 nitrogen and oxygen atoms in total. The Balaban J connectivity index is 1.83. The number of rotatable bonds is 15. The number of unbranched alkanes of at least 4 members (excludes halogenated alkanes) is 11. The smallest absolute Gasteiger partial charge is 0.141 e. The third kappa shape index (κ3) is 8.47. The van der Waals surface area contributed by atoms with Crippen LogP contribution < -0.4 is 5.32 Å². The number of hydrogen-bond donors (Lipinski definition) is 1. The van der Waals surface area contributed by atoms with Crippen LogP contribution in [-0.4, -0.2) is 23.7 Å². The number of nitrogens with one attached hydrogen (secondary N) is 1. The predicted molar refractivity (Wildman–Crippen MR) is 101 cm³/mol. The van der Waals surface area contributed by atoms with Crippen molar-refractivity contribution >= 4 is 17.2 Å². The van der Waals surface area contributed by atoms with Gasteiger partial charge in [0.2, 0.25) is 0 Å². The first-order valence-electron chi connectivity index (χ1n) is 9.67. The van der Waals surface area contributed by atoms with Crippen LogP contribution in [0.2, 0.25) is 0 Å². The predicted octanol–water partition coefficient (Wildman–Crippen LogP) is 5.78. The molecule has 0 amide bonds. The van der Waals surface area contributed by atoms with Gasteiger partial charge in [-0.05, 0) is 13.3 Å². The van der Waals surface area contributed by atoms with Crippen molar-refractivity contribution in [1.82, 2.24) is 5.32 Å². The molecule has 3 heteroatoms. The van der Waals surface area contributed by atoms with Crippen LogP contribution in [-0.2, 0) is 4.74 Å². The summed E-state index contributed by atoms with van der Waals surface area (Å²) in [5.74, 6) is 0. The summed E-state index contributed by atoms with van der Waals surface area (Å²) in [5.41, 5.74) is -0.0795. The normalized spacial score (nSPS) is 20.1. The molecule has 22 heavy (non-hydrogen) atoms. The lowest BCUT2D eigenvalue weighted by Gasteiger charge is -2.14. The molecule has 0 aromatic heterocycles. The van der Waals surface area contributed by atoms with Crippen molar-refractivity contribution in [3.63, 3.8) is 0 Å². The van der Waals surface area contributed by atoms with Crippen LogP contribution in [0.15, 0.2) is 0 Å². The second-order valence-electron chi connectivity index (χ2n) is 6.78. The monoisotopic (exact) mass is 327 g/mol. The summed E-state index contributed by atoms with van der Waals surface area (Å²) in [6, 6.07) is 0. The highest BCUT2D eigenvalue weighted by molar-refractivity contribution is 7.80. The van der Waals surface area contributed by atoms with E-state index in [2.05, 4.69) is 19.2 Å². The van der Waals surface area contributed by atoms with Gasteiger partial charge in [0.1, 0.15) is 10.6 Å².